The smallest absolute Gasteiger partial charge is 0.233 e. The Hall–Kier alpha value is -2.06. The number of thioether (sulfide) groups is 1. The number of ether oxygens (including phenoxy) is 1. The first-order valence-corrected chi connectivity index (χ1v) is 11.2. The Bertz CT molecular complexity index is 805. The number of morpholine rings is 1. The third-order valence-corrected chi connectivity index (χ3v) is 5.84. The van der Waals surface area contributed by atoms with Gasteiger partial charge in [0.2, 0.25) is 11.9 Å². The molecular weight excluding hydrogens is 386 g/mol. The van der Waals surface area contributed by atoms with Crippen molar-refractivity contribution in [2.75, 3.05) is 37.0 Å². The summed E-state index contributed by atoms with van der Waals surface area (Å²) in [6.45, 7) is 13.2. The van der Waals surface area contributed by atoms with Gasteiger partial charge in [0.1, 0.15) is 0 Å². The van der Waals surface area contributed by atoms with Gasteiger partial charge in [-0.3, -0.25) is 9.36 Å². The second kappa shape index (κ2) is 9.63. The summed E-state index contributed by atoms with van der Waals surface area (Å²) in [5.74, 6) is 1.26. The maximum Gasteiger partial charge on any atom is 0.233 e. The molecule has 1 amide bonds. The van der Waals surface area contributed by atoms with Crippen LogP contribution in [0.5, 0.6) is 0 Å². The normalized spacial score (nSPS) is 14.7. The summed E-state index contributed by atoms with van der Waals surface area (Å²) in [6.07, 6.45) is 0. The second-order valence-electron chi connectivity index (χ2n) is 7.83. The first-order valence-electron chi connectivity index (χ1n) is 10.2. The molecule has 1 fully saturated rings. The number of rotatable bonds is 7. The third kappa shape index (κ3) is 5.11. The van der Waals surface area contributed by atoms with Crippen LogP contribution in [0.1, 0.15) is 33.3 Å². The van der Waals surface area contributed by atoms with Crippen molar-refractivity contribution in [3.05, 3.63) is 29.8 Å². The van der Waals surface area contributed by atoms with Gasteiger partial charge in [0.15, 0.2) is 5.16 Å². The molecular formula is C21H31N5O2S. The van der Waals surface area contributed by atoms with Crippen LogP contribution in [-0.2, 0) is 9.53 Å². The maximum atomic E-state index is 12.8. The van der Waals surface area contributed by atoms with Crippen LogP contribution in [0, 0.1) is 6.92 Å². The standard InChI is InChI=1S/C21H31N5O2S/c1-15(2)25(16(3)4)19(27)14-29-21-23-22-20(24-10-12-28-13-11-24)26(21)18-8-6-17(5)7-9-18/h6-9,15-16H,10-14H2,1-5H3. The van der Waals surface area contributed by atoms with Crippen molar-refractivity contribution >= 4 is 23.6 Å². The molecule has 1 aromatic heterocycles. The lowest BCUT2D eigenvalue weighted by molar-refractivity contribution is -0.131. The summed E-state index contributed by atoms with van der Waals surface area (Å²) in [6, 6.07) is 8.64. The Morgan fingerprint density at radius 1 is 1.10 bits per heavy atom. The summed E-state index contributed by atoms with van der Waals surface area (Å²) in [5, 5.41) is 9.64. The molecule has 2 heterocycles. The van der Waals surface area contributed by atoms with Crippen molar-refractivity contribution < 1.29 is 9.53 Å². The predicted octanol–water partition coefficient (Wildman–Crippen LogP) is 3.15. The number of carbonyl (C=O) groups is 1. The van der Waals surface area contributed by atoms with Crippen molar-refractivity contribution in [1.29, 1.82) is 0 Å². The number of hydrogen-bond donors (Lipinski definition) is 0. The number of anilines is 1. The average Bonchev–Trinajstić information content (AvgIpc) is 3.11. The van der Waals surface area contributed by atoms with E-state index in [0.717, 1.165) is 29.9 Å². The van der Waals surface area contributed by atoms with Crippen LogP contribution < -0.4 is 4.90 Å². The molecule has 2 aromatic rings. The summed E-state index contributed by atoms with van der Waals surface area (Å²) in [5.41, 5.74) is 2.20. The van der Waals surface area contributed by atoms with Crippen molar-refractivity contribution in [2.24, 2.45) is 0 Å². The average molecular weight is 418 g/mol. The van der Waals surface area contributed by atoms with Gasteiger partial charge in [0.05, 0.1) is 24.7 Å². The summed E-state index contributed by atoms with van der Waals surface area (Å²) in [7, 11) is 0. The first kappa shape index (κ1) is 21.6. The molecule has 29 heavy (non-hydrogen) atoms. The first-order chi connectivity index (χ1) is 13.9. The largest absolute Gasteiger partial charge is 0.378 e. The van der Waals surface area contributed by atoms with Crippen molar-refractivity contribution in [1.82, 2.24) is 19.7 Å². The van der Waals surface area contributed by atoms with Gasteiger partial charge in [-0.2, -0.15) is 0 Å². The molecule has 0 saturated carbocycles. The number of benzene rings is 1. The van der Waals surface area contributed by atoms with Crippen LogP contribution in [0.2, 0.25) is 0 Å². The molecule has 7 nitrogen and oxygen atoms in total. The highest BCUT2D eigenvalue weighted by Crippen LogP contribution is 2.28. The topological polar surface area (TPSA) is 63.5 Å². The minimum atomic E-state index is 0.117. The zero-order valence-corrected chi connectivity index (χ0v) is 18.8. The predicted molar refractivity (Wildman–Crippen MR) is 117 cm³/mol. The Labute approximate surface area is 177 Å². The van der Waals surface area contributed by atoms with E-state index in [-0.39, 0.29) is 18.0 Å². The van der Waals surface area contributed by atoms with Crippen LogP contribution in [0.15, 0.2) is 29.4 Å². The van der Waals surface area contributed by atoms with Gasteiger partial charge in [-0.05, 0) is 46.8 Å². The molecule has 0 N–H and O–H groups in total. The molecule has 1 aliphatic rings. The summed E-state index contributed by atoms with van der Waals surface area (Å²) < 4.78 is 7.54. The van der Waals surface area contributed by atoms with E-state index in [2.05, 4.69) is 50.9 Å². The lowest BCUT2D eigenvalue weighted by Crippen LogP contribution is -2.43. The quantitative estimate of drug-likeness (QED) is 0.645. The Kier molecular flexibility index (Phi) is 7.18. The van der Waals surface area contributed by atoms with Gasteiger partial charge >= 0.3 is 0 Å². The Balaban J connectivity index is 1.87. The molecule has 0 aliphatic carbocycles. The highest BCUT2D eigenvalue weighted by atomic mass is 32.2. The fraction of sp³-hybridized carbons (Fsp3) is 0.571. The third-order valence-electron chi connectivity index (χ3n) is 4.93. The highest BCUT2D eigenvalue weighted by Gasteiger charge is 2.24. The molecule has 0 atom stereocenters. The maximum absolute atomic E-state index is 12.8. The number of aromatic nitrogens is 3. The molecule has 0 radical (unpaired) electrons. The van der Waals surface area contributed by atoms with Gasteiger partial charge in [-0.1, -0.05) is 29.5 Å². The second-order valence-corrected chi connectivity index (χ2v) is 8.77. The number of aryl methyl sites for hydroxylation is 1. The van der Waals surface area contributed by atoms with Crippen LogP contribution in [0.25, 0.3) is 5.69 Å². The lowest BCUT2D eigenvalue weighted by atomic mass is 10.2. The number of amides is 1. The zero-order chi connectivity index (χ0) is 21.0. The van der Waals surface area contributed by atoms with E-state index in [1.165, 1.54) is 17.3 Å². The van der Waals surface area contributed by atoms with Crippen LogP contribution in [0.3, 0.4) is 0 Å². The number of hydrogen-bond acceptors (Lipinski definition) is 6. The van der Waals surface area contributed by atoms with Gasteiger partial charge in [0, 0.05) is 25.2 Å². The van der Waals surface area contributed by atoms with Crippen molar-refractivity contribution in [3.63, 3.8) is 0 Å². The number of nitrogens with zero attached hydrogens (tertiary/aromatic N) is 5. The van der Waals surface area contributed by atoms with Crippen molar-refractivity contribution in [3.8, 4) is 5.69 Å². The number of carbonyl (C=O) groups excluding carboxylic acids is 1. The lowest BCUT2D eigenvalue weighted by Gasteiger charge is -2.30. The minimum absolute atomic E-state index is 0.117. The Morgan fingerprint density at radius 2 is 1.72 bits per heavy atom. The van der Waals surface area contributed by atoms with Gasteiger partial charge in [-0.25, -0.2) is 0 Å². The Morgan fingerprint density at radius 3 is 2.31 bits per heavy atom. The van der Waals surface area contributed by atoms with E-state index in [1.54, 1.807) is 0 Å². The van der Waals surface area contributed by atoms with E-state index in [0.29, 0.717) is 19.0 Å². The summed E-state index contributed by atoms with van der Waals surface area (Å²) >= 11 is 1.44. The van der Waals surface area contributed by atoms with E-state index in [9.17, 15) is 4.79 Å². The minimum Gasteiger partial charge on any atom is -0.378 e. The van der Waals surface area contributed by atoms with E-state index < -0.39 is 0 Å². The van der Waals surface area contributed by atoms with E-state index in [1.807, 2.05) is 32.6 Å². The molecule has 158 valence electrons. The van der Waals surface area contributed by atoms with Crippen LogP contribution >= 0.6 is 11.8 Å². The molecule has 1 aromatic carbocycles. The molecule has 0 spiro atoms. The van der Waals surface area contributed by atoms with Gasteiger partial charge in [0.25, 0.3) is 0 Å². The fourth-order valence-electron chi connectivity index (χ4n) is 3.62. The van der Waals surface area contributed by atoms with Crippen molar-refractivity contribution in [2.45, 2.75) is 51.9 Å². The van der Waals surface area contributed by atoms with Gasteiger partial charge < -0.3 is 14.5 Å². The molecule has 3 rings (SSSR count). The van der Waals surface area contributed by atoms with Crippen LogP contribution in [0.4, 0.5) is 5.95 Å². The molecule has 0 bridgehead atoms. The molecule has 0 unspecified atom stereocenters. The SMILES string of the molecule is Cc1ccc(-n2c(SCC(=O)N(C(C)C)C(C)C)nnc2N2CCOCC2)cc1. The molecule has 1 aliphatic heterocycles. The highest BCUT2D eigenvalue weighted by molar-refractivity contribution is 7.99. The van der Waals surface area contributed by atoms with E-state index >= 15 is 0 Å². The molecule has 1 saturated heterocycles. The zero-order valence-electron chi connectivity index (χ0n) is 18.0. The summed E-state index contributed by atoms with van der Waals surface area (Å²) in [4.78, 5) is 16.9. The van der Waals surface area contributed by atoms with Crippen LogP contribution in [-0.4, -0.2) is 69.7 Å². The monoisotopic (exact) mass is 417 g/mol. The van der Waals surface area contributed by atoms with E-state index in [4.69, 9.17) is 4.74 Å². The fourth-order valence-corrected chi connectivity index (χ4v) is 4.43. The molecule has 8 heteroatoms. The van der Waals surface area contributed by atoms with Gasteiger partial charge in [-0.15, -0.1) is 10.2 Å².